The lowest BCUT2D eigenvalue weighted by molar-refractivity contribution is 0.504. The number of nitrogen functional groups attached to an aromatic ring is 1. The predicted molar refractivity (Wildman–Crippen MR) is 71.6 cm³/mol. The van der Waals surface area contributed by atoms with Gasteiger partial charge in [-0.3, -0.25) is 4.57 Å². The molecule has 0 amide bonds. The molecule has 0 radical (unpaired) electrons. The van der Waals surface area contributed by atoms with Crippen LogP contribution in [-0.4, -0.2) is 19.3 Å². The molecule has 5 nitrogen and oxygen atoms in total. The van der Waals surface area contributed by atoms with Crippen molar-refractivity contribution < 1.29 is 8.78 Å². The number of aryl methyl sites for hydroxylation is 2. The highest BCUT2D eigenvalue weighted by Gasteiger charge is 2.20. The number of nitrogens with two attached hydrogens (primary N) is 1. The molecule has 3 rings (SSSR count). The van der Waals surface area contributed by atoms with Gasteiger partial charge in [0.1, 0.15) is 5.52 Å². The predicted octanol–water partition coefficient (Wildman–Crippen LogP) is 2.41. The van der Waals surface area contributed by atoms with Gasteiger partial charge in [0, 0.05) is 6.54 Å². The number of anilines is 1. The molecule has 0 aliphatic carbocycles. The number of imidazole rings is 1. The Morgan fingerprint density at radius 1 is 1.30 bits per heavy atom. The van der Waals surface area contributed by atoms with Gasteiger partial charge in [-0.25, -0.2) is 18.4 Å². The van der Waals surface area contributed by atoms with Gasteiger partial charge in [0.2, 0.25) is 5.95 Å². The van der Waals surface area contributed by atoms with Gasteiger partial charge in [-0.05, 0) is 26.0 Å². The van der Waals surface area contributed by atoms with Crippen LogP contribution in [0.5, 0.6) is 0 Å². The van der Waals surface area contributed by atoms with Crippen molar-refractivity contribution in [2.75, 3.05) is 5.73 Å². The second-order valence-corrected chi connectivity index (χ2v) is 4.45. The summed E-state index contributed by atoms with van der Waals surface area (Å²) in [5.41, 5.74) is 7.74. The Labute approximate surface area is 113 Å². The summed E-state index contributed by atoms with van der Waals surface area (Å²) in [6.07, 6.45) is 0. The molecule has 0 unspecified atom stereocenters. The topological polar surface area (TPSA) is 61.7 Å². The van der Waals surface area contributed by atoms with E-state index in [9.17, 15) is 8.78 Å². The van der Waals surface area contributed by atoms with E-state index in [1.54, 1.807) is 11.6 Å². The van der Waals surface area contributed by atoms with Crippen molar-refractivity contribution in [2.24, 2.45) is 0 Å². The fourth-order valence-corrected chi connectivity index (χ4v) is 2.31. The van der Waals surface area contributed by atoms with Crippen LogP contribution in [0.25, 0.3) is 16.9 Å². The van der Waals surface area contributed by atoms with Crippen LogP contribution in [0.4, 0.5) is 14.7 Å². The molecule has 0 atom stereocenters. The van der Waals surface area contributed by atoms with Crippen molar-refractivity contribution in [3.8, 4) is 5.69 Å². The third kappa shape index (κ3) is 1.59. The molecule has 2 heterocycles. The number of benzene rings is 1. The van der Waals surface area contributed by atoms with E-state index in [-0.39, 0.29) is 11.6 Å². The second kappa shape index (κ2) is 4.29. The normalized spacial score (nSPS) is 11.4. The fraction of sp³-hybridized carbons (Fsp3) is 0.231. The standard InChI is InChI=1S/C13H13F2N5/c1-3-19-12-11(7(2)18-19)17-13(16)20(12)9-6-4-5-8(14)10(9)15/h4-6H,3H2,1-2H3,(H2,16,17). The first kappa shape index (κ1) is 12.6. The molecule has 0 saturated carbocycles. The van der Waals surface area contributed by atoms with E-state index in [0.29, 0.717) is 23.4 Å². The summed E-state index contributed by atoms with van der Waals surface area (Å²) in [5, 5.41) is 4.31. The maximum atomic E-state index is 14.0. The maximum Gasteiger partial charge on any atom is 0.207 e. The molecule has 3 aromatic rings. The lowest BCUT2D eigenvalue weighted by Crippen LogP contribution is -2.08. The van der Waals surface area contributed by atoms with Crippen LogP contribution < -0.4 is 5.73 Å². The molecule has 7 heteroatoms. The molecule has 0 aliphatic heterocycles. The van der Waals surface area contributed by atoms with E-state index in [4.69, 9.17) is 5.73 Å². The van der Waals surface area contributed by atoms with Crippen LogP contribution in [0, 0.1) is 18.6 Å². The number of hydrogen-bond acceptors (Lipinski definition) is 3. The number of hydrogen-bond donors (Lipinski definition) is 1. The van der Waals surface area contributed by atoms with Crippen molar-refractivity contribution in [1.82, 2.24) is 19.3 Å². The highest BCUT2D eigenvalue weighted by Crippen LogP contribution is 2.27. The van der Waals surface area contributed by atoms with Crippen molar-refractivity contribution >= 4 is 17.1 Å². The zero-order valence-electron chi connectivity index (χ0n) is 11.1. The first-order chi connectivity index (χ1) is 9.54. The average molecular weight is 277 g/mol. The number of nitrogens with zero attached hydrogens (tertiary/aromatic N) is 4. The second-order valence-electron chi connectivity index (χ2n) is 4.45. The van der Waals surface area contributed by atoms with E-state index >= 15 is 0 Å². The minimum Gasteiger partial charge on any atom is -0.369 e. The summed E-state index contributed by atoms with van der Waals surface area (Å²) in [6, 6.07) is 3.95. The van der Waals surface area contributed by atoms with E-state index in [1.807, 2.05) is 6.92 Å². The quantitative estimate of drug-likeness (QED) is 0.782. The Morgan fingerprint density at radius 2 is 2.05 bits per heavy atom. The summed E-state index contributed by atoms with van der Waals surface area (Å²) in [7, 11) is 0. The molecular formula is C13H13F2N5. The number of fused-ring (bicyclic) bond motifs is 1. The van der Waals surface area contributed by atoms with Crippen LogP contribution in [0.2, 0.25) is 0 Å². The van der Waals surface area contributed by atoms with Gasteiger partial charge >= 0.3 is 0 Å². The van der Waals surface area contributed by atoms with Crippen molar-refractivity contribution in [2.45, 2.75) is 20.4 Å². The Balaban J connectivity index is 2.41. The molecular weight excluding hydrogens is 264 g/mol. The van der Waals surface area contributed by atoms with Crippen LogP contribution in [0.3, 0.4) is 0 Å². The molecule has 104 valence electrons. The third-order valence-electron chi connectivity index (χ3n) is 3.21. The van der Waals surface area contributed by atoms with Crippen LogP contribution in [-0.2, 0) is 6.54 Å². The van der Waals surface area contributed by atoms with Crippen molar-refractivity contribution in [3.05, 3.63) is 35.5 Å². The smallest absolute Gasteiger partial charge is 0.207 e. The maximum absolute atomic E-state index is 14.0. The van der Waals surface area contributed by atoms with Gasteiger partial charge in [-0.2, -0.15) is 5.10 Å². The van der Waals surface area contributed by atoms with Crippen LogP contribution in [0.1, 0.15) is 12.6 Å². The van der Waals surface area contributed by atoms with Crippen molar-refractivity contribution in [3.63, 3.8) is 0 Å². The lowest BCUT2D eigenvalue weighted by atomic mass is 10.3. The van der Waals surface area contributed by atoms with Gasteiger partial charge in [0.05, 0.1) is 11.4 Å². The molecule has 20 heavy (non-hydrogen) atoms. The average Bonchev–Trinajstić information content (AvgIpc) is 2.90. The van der Waals surface area contributed by atoms with Gasteiger partial charge in [0.15, 0.2) is 17.3 Å². The third-order valence-corrected chi connectivity index (χ3v) is 3.21. The highest BCUT2D eigenvalue weighted by atomic mass is 19.2. The summed E-state index contributed by atoms with van der Waals surface area (Å²) in [4.78, 5) is 4.20. The fourth-order valence-electron chi connectivity index (χ4n) is 2.31. The first-order valence-corrected chi connectivity index (χ1v) is 6.20. The summed E-state index contributed by atoms with van der Waals surface area (Å²) in [6.45, 7) is 4.28. The van der Waals surface area contributed by atoms with Gasteiger partial charge < -0.3 is 5.73 Å². The van der Waals surface area contributed by atoms with E-state index in [0.717, 1.165) is 6.07 Å². The largest absolute Gasteiger partial charge is 0.369 e. The molecule has 2 N–H and O–H groups in total. The SMILES string of the molecule is CCn1nc(C)c2nc(N)n(-c3cccc(F)c3F)c21. The molecule has 0 aliphatic rings. The molecule has 0 fully saturated rings. The van der Waals surface area contributed by atoms with Crippen LogP contribution >= 0.6 is 0 Å². The zero-order valence-corrected chi connectivity index (χ0v) is 11.1. The van der Waals surface area contributed by atoms with E-state index in [1.165, 1.54) is 16.7 Å². The molecule has 0 spiro atoms. The number of rotatable bonds is 2. The minimum atomic E-state index is -0.958. The lowest BCUT2D eigenvalue weighted by Gasteiger charge is -2.09. The minimum absolute atomic E-state index is 0.0274. The number of halogens is 2. The highest BCUT2D eigenvalue weighted by molar-refractivity contribution is 5.80. The Kier molecular flexibility index (Phi) is 2.70. The summed E-state index contributed by atoms with van der Waals surface area (Å²) < 4.78 is 30.5. The zero-order chi connectivity index (χ0) is 14.4. The first-order valence-electron chi connectivity index (χ1n) is 6.20. The summed E-state index contributed by atoms with van der Waals surface area (Å²) in [5.74, 6) is -1.78. The molecule has 0 bridgehead atoms. The van der Waals surface area contributed by atoms with Crippen molar-refractivity contribution in [1.29, 1.82) is 0 Å². The van der Waals surface area contributed by atoms with Gasteiger partial charge in [0.25, 0.3) is 0 Å². The van der Waals surface area contributed by atoms with E-state index < -0.39 is 11.6 Å². The van der Waals surface area contributed by atoms with E-state index in [2.05, 4.69) is 10.1 Å². The van der Waals surface area contributed by atoms with Crippen LogP contribution in [0.15, 0.2) is 18.2 Å². The Morgan fingerprint density at radius 3 is 2.75 bits per heavy atom. The Hall–Kier alpha value is -2.44. The number of aromatic nitrogens is 4. The molecule has 1 aromatic carbocycles. The van der Waals surface area contributed by atoms with Gasteiger partial charge in [-0.1, -0.05) is 6.07 Å². The Bertz CT molecular complexity index is 803. The molecule has 2 aromatic heterocycles. The van der Waals surface area contributed by atoms with Gasteiger partial charge in [-0.15, -0.1) is 0 Å². The summed E-state index contributed by atoms with van der Waals surface area (Å²) >= 11 is 0. The molecule has 0 saturated heterocycles. The monoisotopic (exact) mass is 277 g/mol.